The molecule has 0 aliphatic carbocycles. The fourth-order valence-corrected chi connectivity index (χ4v) is 5.04. The zero-order valence-electron chi connectivity index (χ0n) is 17.4. The molecule has 2 atom stereocenters. The van der Waals surface area contributed by atoms with Gasteiger partial charge in [-0.25, -0.2) is 22.6 Å². The summed E-state index contributed by atoms with van der Waals surface area (Å²) in [5.74, 6) is 4.06. The second-order valence-corrected chi connectivity index (χ2v) is 9.59. The molecule has 0 fully saturated rings. The standard InChI is InChI=1S/C21H18FN5O4S2/c1-12(23)7-8-14-5-3-4-6-15(14)13(2)27-17-9-16(22)19(10-18(17)31-21(27)28)33(29,30)26-20-24-11-25-32-20/h3-6,9-13H,23H2,1-2H3,(H,24,25,26). The lowest BCUT2D eigenvalue weighted by molar-refractivity contribution is 0.489. The van der Waals surface area contributed by atoms with Crippen LogP contribution in [0.3, 0.4) is 0 Å². The van der Waals surface area contributed by atoms with Crippen molar-refractivity contribution in [2.45, 2.75) is 30.8 Å². The van der Waals surface area contributed by atoms with E-state index in [-0.39, 0.29) is 22.3 Å². The van der Waals surface area contributed by atoms with Gasteiger partial charge >= 0.3 is 5.76 Å². The van der Waals surface area contributed by atoms with Crippen LogP contribution in [0.2, 0.25) is 0 Å². The van der Waals surface area contributed by atoms with E-state index in [0.717, 1.165) is 23.7 Å². The monoisotopic (exact) mass is 487 g/mol. The van der Waals surface area contributed by atoms with E-state index in [2.05, 4.69) is 25.9 Å². The molecule has 4 rings (SSSR count). The number of hydrogen-bond donors (Lipinski definition) is 2. The molecule has 33 heavy (non-hydrogen) atoms. The molecule has 0 spiro atoms. The van der Waals surface area contributed by atoms with Gasteiger partial charge in [0, 0.05) is 29.2 Å². The largest absolute Gasteiger partial charge is 0.420 e. The first-order valence-electron chi connectivity index (χ1n) is 9.67. The van der Waals surface area contributed by atoms with E-state index >= 15 is 0 Å². The van der Waals surface area contributed by atoms with E-state index in [0.29, 0.717) is 11.1 Å². The minimum atomic E-state index is -4.32. The summed E-state index contributed by atoms with van der Waals surface area (Å²) in [6.07, 6.45) is 1.17. The number of oxazole rings is 1. The van der Waals surface area contributed by atoms with Gasteiger partial charge in [0.2, 0.25) is 5.13 Å². The van der Waals surface area contributed by atoms with E-state index < -0.39 is 32.5 Å². The van der Waals surface area contributed by atoms with E-state index in [9.17, 15) is 17.6 Å². The molecule has 0 bridgehead atoms. The number of halogens is 1. The quantitative estimate of drug-likeness (QED) is 0.414. The predicted molar refractivity (Wildman–Crippen MR) is 122 cm³/mol. The number of nitrogens with zero attached hydrogens (tertiary/aromatic N) is 3. The Labute approximate surface area is 192 Å². The third kappa shape index (κ3) is 4.51. The summed E-state index contributed by atoms with van der Waals surface area (Å²) in [4.78, 5) is 15.7. The number of sulfonamides is 1. The summed E-state index contributed by atoms with van der Waals surface area (Å²) < 4.78 is 52.5. The average Bonchev–Trinajstić information content (AvgIpc) is 3.37. The molecule has 170 valence electrons. The van der Waals surface area contributed by atoms with Crippen molar-refractivity contribution in [1.29, 1.82) is 0 Å². The lowest BCUT2D eigenvalue weighted by Crippen LogP contribution is -2.20. The van der Waals surface area contributed by atoms with Gasteiger partial charge in [0.15, 0.2) is 5.58 Å². The third-order valence-electron chi connectivity index (χ3n) is 4.77. The van der Waals surface area contributed by atoms with Crippen molar-refractivity contribution >= 4 is 37.8 Å². The van der Waals surface area contributed by atoms with Crippen molar-refractivity contribution in [2.24, 2.45) is 5.73 Å². The van der Waals surface area contributed by atoms with Crippen LogP contribution in [0.5, 0.6) is 0 Å². The summed E-state index contributed by atoms with van der Waals surface area (Å²) in [5.41, 5.74) is 7.11. The van der Waals surface area contributed by atoms with Crippen LogP contribution in [0.1, 0.15) is 31.0 Å². The minimum absolute atomic E-state index is 0.0216. The van der Waals surface area contributed by atoms with Crippen molar-refractivity contribution in [3.05, 3.63) is 70.2 Å². The van der Waals surface area contributed by atoms with Gasteiger partial charge in [0.1, 0.15) is 17.0 Å². The minimum Gasteiger partial charge on any atom is -0.408 e. The molecule has 12 heteroatoms. The third-order valence-corrected chi connectivity index (χ3v) is 6.84. The Hall–Kier alpha value is -3.53. The zero-order chi connectivity index (χ0) is 23.8. The Kier molecular flexibility index (Phi) is 6.03. The van der Waals surface area contributed by atoms with E-state index in [1.165, 1.54) is 10.9 Å². The zero-order valence-corrected chi connectivity index (χ0v) is 19.1. The predicted octanol–water partition coefficient (Wildman–Crippen LogP) is 2.69. The van der Waals surface area contributed by atoms with Gasteiger partial charge in [-0.3, -0.25) is 9.29 Å². The number of nitrogens with one attached hydrogen (secondary N) is 1. The van der Waals surface area contributed by atoms with Crippen LogP contribution < -0.4 is 16.2 Å². The molecule has 9 nitrogen and oxygen atoms in total. The van der Waals surface area contributed by atoms with Crippen LogP contribution in [0.25, 0.3) is 11.1 Å². The lowest BCUT2D eigenvalue weighted by atomic mass is 10.0. The highest BCUT2D eigenvalue weighted by molar-refractivity contribution is 7.93. The number of hydrogen-bond acceptors (Lipinski definition) is 8. The number of anilines is 1. The molecular weight excluding hydrogens is 469 g/mol. The highest BCUT2D eigenvalue weighted by atomic mass is 32.2. The average molecular weight is 488 g/mol. The second kappa shape index (κ2) is 8.78. The van der Waals surface area contributed by atoms with Crippen LogP contribution in [-0.2, 0) is 10.0 Å². The van der Waals surface area contributed by atoms with Gasteiger partial charge < -0.3 is 10.2 Å². The number of nitrogens with two attached hydrogens (primary N) is 1. The van der Waals surface area contributed by atoms with Gasteiger partial charge in [0.25, 0.3) is 10.0 Å². The first-order valence-corrected chi connectivity index (χ1v) is 11.9. The molecule has 2 aromatic carbocycles. The topological polar surface area (TPSA) is 133 Å². The Morgan fingerprint density at radius 3 is 2.73 bits per heavy atom. The van der Waals surface area contributed by atoms with Crippen molar-refractivity contribution < 1.29 is 17.2 Å². The molecule has 2 aromatic heterocycles. The van der Waals surface area contributed by atoms with Crippen LogP contribution >= 0.6 is 11.5 Å². The van der Waals surface area contributed by atoms with Gasteiger partial charge in [-0.15, -0.1) is 0 Å². The number of benzene rings is 2. The lowest BCUT2D eigenvalue weighted by Gasteiger charge is -2.15. The van der Waals surface area contributed by atoms with Crippen molar-refractivity contribution in [1.82, 2.24) is 13.9 Å². The van der Waals surface area contributed by atoms with Gasteiger partial charge in [0.05, 0.1) is 17.6 Å². The molecule has 0 amide bonds. The van der Waals surface area contributed by atoms with Crippen molar-refractivity contribution in [2.75, 3.05) is 4.72 Å². The van der Waals surface area contributed by atoms with Crippen LogP contribution in [0.4, 0.5) is 9.52 Å². The fourth-order valence-electron chi connectivity index (χ4n) is 3.30. The van der Waals surface area contributed by atoms with Crippen LogP contribution in [-0.4, -0.2) is 28.4 Å². The molecular formula is C21H18FN5O4S2. The highest BCUT2D eigenvalue weighted by Gasteiger charge is 2.26. The maximum absolute atomic E-state index is 14.9. The molecule has 0 saturated carbocycles. The maximum Gasteiger partial charge on any atom is 0.420 e. The molecule has 0 saturated heterocycles. The van der Waals surface area contributed by atoms with Crippen LogP contribution in [0, 0.1) is 17.7 Å². The molecule has 2 heterocycles. The molecule has 4 aromatic rings. The van der Waals surface area contributed by atoms with E-state index in [4.69, 9.17) is 10.2 Å². The number of fused-ring (bicyclic) bond motifs is 1. The Balaban J connectivity index is 1.81. The Morgan fingerprint density at radius 1 is 1.27 bits per heavy atom. The van der Waals surface area contributed by atoms with Crippen molar-refractivity contribution in [3.63, 3.8) is 0 Å². The number of rotatable bonds is 5. The molecule has 3 N–H and O–H groups in total. The van der Waals surface area contributed by atoms with Crippen LogP contribution in [0.15, 0.2) is 56.8 Å². The summed E-state index contributed by atoms with van der Waals surface area (Å²) in [6, 6.07) is 8.19. The Morgan fingerprint density at radius 2 is 2.03 bits per heavy atom. The maximum atomic E-state index is 14.9. The second-order valence-electron chi connectivity index (χ2n) is 7.16. The number of aromatic nitrogens is 3. The van der Waals surface area contributed by atoms with Gasteiger partial charge in [-0.1, -0.05) is 30.0 Å². The normalized spacial score (nSPS) is 13.3. The Bertz CT molecular complexity index is 1550. The molecule has 2 unspecified atom stereocenters. The van der Waals surface area contributed by atoms with Crippen molar-refractivity contribution in [3.8, 4) is 11.8 Å². The molecule has 0 aliphatic rings. The van der Waals surface area contributed by atoms with Gasteiger partial charge in [-0.2, -0.15) is 4.37 Å². The summed E-state index contributed by atoms with van der Waals surface area (Å²) >= 11 is 0.799. The summed E-state index contributed by atoms with van der Waals surface area (Å²) in [7, 11) is -4.32. The highest BCUT2D eigenvalue weighted by Crippen LogP contribution is 2.28. The first-order chi connectivity index (χ1) is 15.7. The smallest absolute Gasteiger partial charge is 0.408 e. The molecule has 0 radical (unpaired) electrons. The summed E-state index contributed by atoms with van der Waals surface area (Å²) in [6.45, 7) is 3.49. The summed E-state index contributed by atoms with van der Waals surface area (Å²) in [5, 5.41) is -0.0216. The fraction of sp³-hybridized carbons (Fsp3) is 0.190. The van der Waals surface area contributed by atoms with E-state index in [1.807, 2.05) is 0 Å². The SMILES string of the molecule is CC(N)C#Cc1ccccc1C(C)n1c(=O)oc2cc(S(=O)(=O)Nc3ncns3)c(F)cc21. The van der Waals surface area contributed by atoms with Gasteiger partial charge in [-0.05, 0) is 25.5 Å². The first kappa shape index (κ1) is 22.7. The molecule has 0 aliphatic heterocycles. The van der Waals surface area contributed by atoms with E-state index in [1.54, 1.807) is 38.1 Å².